The van der Waals surface area contributed by atoms with Gasteiger partial charge in [-0.15, -0.1) is 0 Å². The summed E-state index contributed by atoms with van der Waals surface area (Å²) in [6.45, 7) is -1.09. The van der Waals surface area contributed by atoms with Gasteiger partial charge in [0.25, 0.3) is 0 Å². The molecular weight excluding hydrogens is 204 g/mol. The Balaban J connectivity index is 2.99. The fourth-order valence-corrected chi connectivity index (χ4v) is 1.18. The van der Waals surface area contributed by atoms with Crippen molar-refractivity contribution in [2.45, 2.75) is 13.1 Å². The minimum Gasteiger partial charge on any atom is -0.507 e. The van der Waals surface area contributed by atoms with E-state index in [1.165, 1.54) is 18.2 Å². The Morgan fingerprint density at radius 3 is 1.80 bits per heavy atom. The van der Waals surface area contributed by atoms with Crippen LogP contribution in [-0.4, -0.2) is 15.0 Å². The van der Waals surface area contributed by atoms with Crippen molar-refractivity contribution < 1.29 is 15.0 Å². The summed E-state index contributed by atoms with van der Waals surface area (Å²) < 4.78 is 0. The maximum atomic E-state index is 10.2. The smallest absolute Gasteiger partial charge is 0.232 e. The van der Waals surface area contributed by atoms with Gasteiger partial charge in [-0.25, -0.2) is 0 Å². The van der Waals surface area contributed by atoms with Crippen LogP contribution in [0.1, 0.15) is 11.1 Å². The summed E-state index contributed by atoms with van der Waals surface area (Å²) in [6.07, 6.45) is 0. The van der Waals surface area contributed by atoms with E-state index in [2.05, 4.69) is 0 Å². The van der Waals surface area contributed by atoms with Crippen molar-refractivity contribution in [3.8, 4) is 5.75 Å². The summed E-state index contributed by atoms with van der Waals surface area (Å²) in [5, 5.41) is 29.9. The van der Waals surface area contributed by atoms with E-state index in [-0.39, 0.29) is 16.9 Å². The van der Waals surface area contributed by atoms with Gasteiger partial charge in [0.15, 0.2) is 0 Å². The molecule has 1 N–H and O–H groups in total. The molecule has 80 valence electrons. The van der Waals surface area contributed by atoms with Gasteiger partial charge in [0.2, 0.25) is 13.1 Å². The Labute approximate surface area is 84.3 Å². The summed E-state index contributed by atoms with van der Waals surface area (Å²) in [6, 6.07) is 4.17. The second-order valence-electron chi connectivity index (χ2n) is 2.91. The standard InChI is InChI=1S/C8H8N2O5/c11-8-6(4-9(12)13)2-1-3-7(8)5-10(14)15/h1-3,11H,4-5H2. The largest absolute Gasteiger partial charge is 0.507 e. The molecule has 0 saturated carbocycles. The van der Waals surface area contributed by atoms with Gasteiger partial charge < -0.3 is 5.11 Å². The number of benzene rings is 1. The predicted molar refractivity (Wildman–Crippen MR) is 49.5 cm³/mol. The highest BCUT2D eigenvalue weighted by atomic mass is 16.6. The van der Waals surface area contributed by atoms with E-state index in [0.29, 0.717) is 0 Å². The predicted octanol–water partition coefficient (Wildman–Crippen LogP) is 0.946. The van der Waals surface area contributed by atoms with Gasteiger partial charge in [-0.05, 0) is 12.1 Å². The van der Waals surface area contributed by atoms with Gasteiger partial charge in [0.1, 0.15) is 5.75 Å². The van der Waals surface area contributed by atoms with Crippen molar-refractivity contribution in [1.82, 2.24) is 0 Å². The van der Waals surface area contributed by atoms with Gasteiger partial charge in [0, 0.05) is 9.85 Å². The molecule has 0 aliphatic rings. The first kappa shape index (κ1) is 10.9. The van der Waals surface area contributed by atoms with Gasteiger partial charge in [0.05, 0.1) is 11.1 Å². The fraction of sp³-hybridized carbons (Fsp3) is 0.250. The molecule has 0 aliphatic carbocycles. The van der Waals surface area contributed by atoms with Crippen LogP contribution in [0.2, 0.25) is 0 Å². The SMILES string of the molecule is O=[N+]([O-])Cc1cccc(C[N+](=O)[O-])c1O. The van der Waals surface area contributed by atoms with Crippen LogP contribution < -0.4 is 0 Å². The van der Waals surface area contributed by atoms with Crippen LogP contribution in [0.5, 0.6) is 5.75 Å². The van der Waals surface area contributed by atoms with Crippen molar-refractivity contribution in [3.05, 3.63) is 49.6 Å². The molecule has 0 unspecified atom stereocenters. The number of phenolic OH excluding ortho intramolecular Hbond substituents is 1. The lowest BCUT2D eigenvalue weighted by molar-refractivity contribution is -0.498. The van der Waals surface area contributed by atoms with E-state index in [4.69, 9.17) is 0 Å². The van der Waals surface area contributed by atoms with Crippen molar-refractivity contribution in [2.75, 3.05) is 0 Å². The second-order valence-corrected chi connectivity index (χ2v) is 2.91. The van der Waals surface area contributed by atoms with E-state index in [1.807, 2.05) is 0 Å². The first-order valence-corrected chi connectivity index (χ1v) is 4.04. The fourth-order valence-electron chi connectivity index (χ4n) is 1.18. The molecule has 1 rings (SSSR count). The van der Waals surface area contributed by atoms with Crippen molar-refractivity contribution in [3.63, 3.8) is 0 Å². The van der Waals surface area contributed by atoms with E-state index in [1.54, 1.807) is 0 Å². The van der Waals surface area contributed by atoms with Crippen LogP contribution in [0, 0.1) is 20.2 Å². The molecule has 0 amide bonds. The number of hydrogen-bond donors (Lipinski definition) is 1. The molecule has 0 spiro atoms. The molecule has 0 heterocycles. The van der Waals surface area contributed by atoms with Crippen LogP contribution in [0.25, 0.3) is 0 Å². The zero-order valence-corrected chi connectivity index (χ0v) is 7.62. The van der Waals surface area contributed by atoms with Crippen LogP contribution in [-0.2, 0) is 13.1 Å². The van der Waals surface area contributed by atoms with Crippen LogP contribution in [0.3, 0.4) is 0 Å². The molecule has 0 aliphatic heterocycles. The summed E-state index contributed by atoms with van der Waals surface area (Å²) in [7, 11) is 0. The summed E-state index contributed by atoms with van der Waals surface area (Å²) >= 11 is 0. The third kappa shape index (κ3) is 2.90. The highest BCUT2D eigenvalue weighted by molar-refractivity contribution is 5.39. The lowest BCUT2D eigenvalue weighted by Crippen LogP contribution is -2.03. The van der Waals surface area contributed by atoms with Crippen molar-refractivity contribution in [2.24, 2.45) is 0 Å². The van der Waals surface area contributed by atoms with Gasteiger partial charge >= 0.3 is 0 Å². The van der Waals surface area contributed by atoms with E-state index >= 15 is 0 Å². The summed E-state index contributed by atoms with van der Waals surface area (Å²) in [5.74, 6) is -0.370. The number of phenols is 1. The van der Waals surface area contributed by atoms with Crippen LogP contribution in [0.4, 0.5) is 0 Å². The molecule has 15 heavy (non-hydrogen) atoms. The second kappa shape index (κ2) is 4.36. The van der Waals surface area contributed by atoms with Gasteiger partial charge in [-0.3, -0.25) is 20.2 Å². The molecule has 0 saturated heterocycles. The lowest BCUT2D eigenvalue weighted by atomic mass is 10.1. The quantitative estimate of drug-likeness (QED) is 0.590. The monoisotopic (exact) mass is 212 g/mol. The molecule has 0 aromatic heterocycles. The topological polar surface area (TPSA) is 107 Å². The first-order valence-electron chi connectivity index (χ1n) is 4.04. The average molecular weight is 212 g/mol. The maximum absolute atomic E-state index is 10.2. The minimum atomic E-state index is -0.606. The van der Waals surface area contributed by atoms with Crippen molar-refractivity contribution in [1.29, 1.82) is 0 Å². The molecule has 0 bridgehead atoms. The van der Waals surface area contributed by atoms with Crippen LogP contribution >= 0.6 is 0 Å². The lowest BCUT2D eigenvalue weighted by Gasteiger charge is -2.03. The molecule has 0 atom stereocenters. The third-order valence-corrected chi connectivity index (χ3v) is 1.80. The maximum Gasteiger partial charge on any atom is 0.232 e. The molecule has 0 fully saturated rings. The highest BCUT2D eigenvalue weighted by Gasteiger charge is 2.14. The highest BCUT2D eigenvalue weighted by Crippen LogP contribution is 2.23. The van der Waals surface area contributed by atoms with Crippen LogP contribution in [0.15, 0.2) is 18.2 Å². The number of nitro groups is 2. The molecule has 1 aromatic rings. The molecule has 7 heteroatoms. The van der Waals surface area contributed by atoms with E-state index in [0.717, 1.165) is 0 Å². The molecule has 1 aromatic carbocycles. The van der Waals surface area contributed by atoms with Crippen molar-refractivity contribution >= 4 is 0 Å². The normalized spacial score (nSPS) is 9.87. The Hall–Kier alpha value is -2.18. The summed E-state index contributed by atoms with van der Waals surface area (Å²) in [5.41, 5.74) is 0.165. The number of rotatable bonds is 4. The van der Waals surface area contributed by atoms with Gasteiger partial charge in [-0.1, -0.05) is 6.07 Å². The zero-order valence-electron chi connectivity index (χ0n) is 7.62. The first-order chi connectivity index (χ1) is 7.00. The number of aromatic hydroxyl groups is 1. The zero-order chi connectivity index (χ0) is 11.4. The summed E-state index contributed by atoms with van der Waals surface area (Å²) in [4.78, 5) is 19.2. The van der Waals surface area contributed by atoms with Gasteiger partial charge in [-0.2, -0.15) is 0 Å². The Morgan fingerprint density at radius 1 is 1.07 bits per heavy atom. The Kier molecular flexibility index (Phi) is 3.17. The molecule has 0 radical (unpaired) electrons. The van der Waals surface area contributed by atoms with E-state index < -0.39 is 22.9 Å². The Morgan fingerprint density at radius 2 is 1.47 bits per heavy atom. The van der Waals surface area contributed by atoms with E-state index in [9.17, 15) is 25.3 Å². The molecule has 7 nitrogen and oxygen atoms in total. The third-order valence-electron chi connectivity index (χ3n) is 1.80. The molecular formula is C8H8N2O5. The number of nitrogens with zero attached hydrogens (tertiary/aromatic N) is 2. The average Bonchev–Trinajstić information content (AvgIpc) is 2.10. The number of para-hydroxylation sites is 1. The minimum absolute atomic E-state index is 0.0827. The Bertz CT molecular complexity index is 370. The number of hydrogen-bond acceptors (Lipinski definition) is 5.